The molecule has 0 aliphatic carbocycles. The molecule has 3 amide bonds. The number of nitrogens with zero attached hydrogens (tertiary/aromatic N) is 4. The maximum absolute atomic E-state index is 12.4. The van der Waals surface area contributed by atoms with Gasteiger partial charge in [0.15, 0.2) is 0 Å². The average Bonchev–Trinajstić information content (AvgIpc) is 2.99. The molecule has 0 saturated carbocycles. The Morgan fingerprint density at radius 1 is 1.00 bits per heavy atom. The number of rotatable bonds is 2. The zero-order valence-electron chi connectivity index (χ0n) is 12.3. The molecule has 0 spiro atoms. The fourth-order valence-electron chi connectivity index (χ4n) is 2.40. The molecule has 0 aromatic carbocycles. The lowest BCUT2D eigenvalue weighted by atomic mass is 10.2. The van der Waals surface area contributed by atoms with Gasteiger partial charge in [0, 0.05) is 52.7 Å². The highest BCUT2D eigenvalue weighted by Gasteiger charge is 2.27. The number of carbonyl (C=O) groups excluding carboxylic acids is 2. The van der Waals surface area contributed by atoms with Crippen molar-refractivity contribution in [3.05, 3.63) is 24.5 Å². The molecule has 1 unspecified atom stereocenters. The normalized spacial score (nSPS) is 16.9. The number of amides is 3. The van der Waals surface area contributed by atoms with Gasteiger partial charge in [-0.1, -0.05) is 0 Å². The van der Waals surface area contributed by atoms with E-state index in [0.717, 1.165) is 0 Å². The van der Waals surface area contributed by atoms with Crippen LogP contribution >= 0.6 is 0 Å². The van der Waals surface area contributed by atoms with Gasteiger partial charge in [-0.2, -0.15) is 0 Å². The van der Waals surface area contributed by atoms with Gasteiger partial charge in [-0.15, -0.1) is 0 Å². The van der Waals surface area contributed by atoms with Crippen LogP contribution in [0, 0.1) is 0 Å². The zero-order chi connectivity index (χ0) is 14.7. The van der Waals surface area contributed by atoms with Crippen molar-refractivity contribution in [2.45, 2.75) is 13.0 Å². The van der Waals surface area contributed by atoms with Gasteiger partial charge in [-0.05, 0) is 19.1 Å². The van der Waals surface area contributed by atoms with Crippen molar-refractivity contribution in [2.24, 2.45) is 0 Å². The Morgan fingerprint density at radius 2 is 1.50 bits per heavy atom. The van der Waals surface area contributed by atoms with Gasteiger partial charge >= 0.3 is 6.03 Å². The molecule has 1 atom stereocenters. The Balaban J connectivity index is 1.90. The number of piperazine rings is 1. The fourth-order valence-corrected chi connectivity index (χ4v) is 2.40. The molecule has 1 aliphatic heterocycles. The van der Waals surface area contributed by atoms with Gasteiger partial charge < -0.3 is 19.3 Å². The quantitative estimate of drug-likeness (QED) is 0.806. The standard InChI is InChI=1S/C14H22N4O2/c1-12(16-6-4-5-7-16)13(19)17-8-10-18(11-9-17)14(20)15(2)3/h4-7,12H,8-11H2,1-3H3. The predicted molar refractivity (Wildman–Crippen MR) is 76.4 cm³/mol. The van der Waals surface area contributed by atoms with E-state index < -0.39 is 0 Å². The predicted octanol–water partition coefficient (Wildman–Crippen LogP) is 0.875. The lowest BCUT2D eigenvalue weighted by Crippen LogP contribution is -2.53. The van der Waals surface area contributed by atoms with Crippen molar-refractivity contribution in [2.75, 3.05) is 40.3 Å². The van der Waals surface area contributed by atoms with Crippen molar-refractivity contribution in [3.8, 4) is 0 Å². The van der Waals surface area contributed by atoms with E-state index in [4.69, 9.17) is 0 Å². The Labute approximate surface area is 119 Å². The maximum Gasteiger partial charge on any atom is 0.319 e. The van der Waals surface area contributed by atoms with E-state index in [9.17, 15) is 9.59 Å². The molecule has 1 fully saturated rings. The third-order valence-electron chi connectivity index (χ3n) is 3.68. The van der Waals surface area contributed by atoms with Crippen LogP contribution in [0.5, 0.6) is 0 Å². The average molecular weight is 278 g/mol. The number of urea groups is 1. The zero-order valence-corrected chi connectivity index (χ0v) is 12.3. The van der Waals surface area contributed by atoms with E-state index in [1.165, 1.54) is 0 Å². The summed E-state index contributed by atoms with van der Waals surface area (Å²) in [4.78, 5) is 29.4. The molecule has 0 bridgehead atoms. The van der Waals surface area contributed by atoms with Crippen molar-refractivity contribution >= 4 is 11.9 Å². The van der Waals surface area contributed by atoms with Gasteiger partial charge in [0.25, 0.3) is 0 Å². The van der Waals surface area contributed by atoms with Crippen molar-refractivity contribution in [1.82, 2.24) is 19.3 Å². The summed E-state index contributed by atoms with van der Waals surface area (Å²) < 4.78 is 1.90. The van der Waals surface area contributed by atoms with Gasteiger partial charge in [0.1, 0.15) is 6.04 Å². The maximum atomic E-state index is 12.4. The third-order valence-corrected chi connectivity index (χ3v) is 3.68. The molecule has 2 rings (SSSR count). The fraction of sp³-hybridized carbons (Fsp3) is 0.571. The second-order valence-electron chi connectivity index (χ2n) is 5.30. The first-order chi connectivity index (χ1) is 9.50. The molecule has 0 N–H and O–H groups in total. The SMILES string of the molecule is CC(C(=O)N1CCN(C(=O)N(C)C)CC1)n1cccc1. The van der Waals surface area contributed by atoms with E-state index in [-0.39, 0.29) is 18.0 Å². The Kier molecular flexibility index (Phi) is 4.32. The molecule has 6 heteroatoms. The molecular formula is C14H22N4O2. The Hall–Kier alpha value is -1.98. The first kappa shape index (κ1) is 14.4. The van der Waals surface area contributed by atoms with Crippen LogP contribution in [0.3, 0.4) is 0 Å². The third kappa shape index (κ3) is 2.95. The minimum atomic E-state index is -0.193. The molecule has 0 radical (unpaired) electrons. The van der Waals surface area contributed by atoms with Crippen LogP contribution < -0.4 is 0 Å². The van der Waals surface area contributed by atoms with Crippen LogP contribution in [-0.4, -0.2) is 71.5 Å². The number of aromatic nitrogens is 1. The van der Waals surface area contributed by atoms with E-state index in [2.05, 4.69) is 0 Å². The van der Waals surface area contributed by atoms with Gasteiger partial charge in [-0.3, -0.25) is 4.79 Å². The van der Waals surface area contributed by atoms with Crippen LogP contribution in [-0.2, 0) is 4.79 Å². The summed E-state index contributed by atoms with van der Waals surface area (Å²) in [6.45, 7) is 4.30. The van der Waals surface area contributed by atoms with Crippen molar-refractivity contribution in [3.63, 3.8) is 0 Å². The van der Waals surface area contributed by atoms with E-state index >= 15 is 0 Å². The molecule has 6 nitrogen and oxygen atoms in total. The van der Waals surface area contributed by atoms with E-state index in [1.54, 1.807) is 23.9 Å². The Bertz CT molecular complexity index is 462. The van der Waals surface area contributed by atoms with Crippen LogP contribution in [0.2, 0.25) is 0 Å². The highest BCUT2D eigenvalue weighted by Crippen LogP contribution is 2.13. The van der Waals surface area contributed by atoms with Gasteiger partial charge in [0.05, 0.1) is 0 Å². The molecule has 1 aromatic heterocycles. The lowest BCUT2D eigenvalue weighted by Gasteiger charge is -2.37. The second kappa shape index (κ2) is 5.98. The summed E-state index contributed by atoms with van der Waals surface area (Å²) in [7, 11) is 3.49. The molecule has 1 saturated heterocycles. The number of hydrogen-bond acceptors (Lipinski definition) is 2. The monoisotopic (exact) mass is 278 g/mol. The minimum Gasteiger partial charge on any atom is -0.342 e. The van der Waals surface area contributed by atoms with Gasteiger partial charge in [-0.25, -0.2) is 4.79 Å². The van der Waals surface area contributed by atoms with E-state index in [0.29, 0.717) is 26.2 Å². The smallest absolute Gasteiger partial charge is 0.319 e. The summed E-state index contributed by atoms with van der Waals surface area (Å²) in [5.41, 5.74) is 0. The first-order valence-corrected chi connectivity index (χ1v) is 6.88. The second-order valence-corrected chi connectivity index (χ2v) is 5.30. The summed E-state index contributed by atoms with van der Waals surface area (Å²) in [6.07, 6.45) is 3.79. The summed E-state index contributed by atoms with van der Waals surface area (Å²) >= 11 is 0. The number of hydrogen-bond donors (Lipinski definition) is 0. The molecule has 1 aromatic rings. The highest BCUT2D eigenvalue weighted by molar-refractivity contribution is 5.80. The van der Waals surface area contributed by atoms with Crippen LogP contribution in [0.15, 0.2) is 24.5 Å². The van der Waals surface area contributed by atoms with Crippen molar-refractivity contribution < 1.29 is 9.59 Å². The lowest BCUT2D eigenvalue weighted by molar-refractivity contribution is -0.135. The largest absolute Gasteiger partial charge is 0.342 e. The van der Waals surface area contributed by atoms with Crippen LogP contribution in [0.4, 0.5) is 4.79 Å². The van der Waals surface area contributed by atoms with Gasteiger partial charge in [0.2, 0.25) is 5.91 Å². The molecule has 2 heterocycles. The molecule has 110 valence electrons. The summed E-state index contributed by atoms with van der Waals surface area (Å²) in [5, 5.41) is 0. The highest BCUT2D eigenvalue weighted by atomic mass is 16.2. The van der Waals surface area contributed by atoms with E-state index in [1.807, 2.05) is 40.9 Å². The topological polar surface area (TPSA) is 48.8 Å². The van der Waals surface area contributed by atoms with Crippen LogP contribution in [0.1, 0.15) is 13.0 Å². The Morgan fingerprint density at radius 3 is 2.00 bits per heavy atom. The molecule has 20 heavy (non-hydrogen) atoms. The first-order valence-electron chi connectivity index (χ1n) is 6.88. The van der Waals surface area contributed by atoms with Crippen molar-refractivity contribution in [1.29, 1.82) is 0 Å². The summed E-state index contributed by atoms with van der Waals surface area (Å²) in [6, 6.07) is 3.64. The summed E-state index contributed by atoms with van der Waals surface area (Å²) in [5.74, 6) is 0.109. The minimum absolute atomic E-state index is 0.00978. The van der Waals surface area contributed by atoms with Crippen LogP contribution in [0.25, 0.3) is 0 Å². The number of carbonyl (C=O) groups is 2. The molecular weight excluding hydrogens is 256 g/mol. The molecule has 1 aliphatic rings.